The highest BCUT2D eigenvalue weighted by Crippen LogP contribution is 2.36. The average Bonchev–Trinajstić information content (AvgIpc) is 3.02. The maximum atomic E-state index is 13.1. The standard InChI is InChI=1S/C20H20N2O5S/c1-2-12-10-22(11-14-9-17(19(23)21-25)28-18(12)14)20(24)13-4-5-15-16(8-13)27-7-3-6-26-15/h2,4-5,8-9,25H,3,6-7,10-11H2,1H3,(H,21,23)/b12-2-. The largest absolute Gasteiger partial charge is 0.490 e. The van der Waals surface area contributed by atoms with Crippen LogP contribution in [0.15, 0.2) is 30.3 Å². The van der Waals surface area contributed by atoms with Gasteiger partial charge in [0.1, 0.15) is 0 Å². The summed E-state index contributed by atoms with van der Waals surface area (Å²) in [5, 5.41) is 8.88. The second-order valence-electron chi connectivity index (χ2n) is 6.59. The molecule has 0 unspecified atom stereocenters. The van der Waals surface area contributed by atoms with Crippen LogP contribution in [0.3, 0.4) is 0 Å². The fraction of sp³-hybridized carbons (Fsp3) is 0.300. The van der Waals surface area contributed by atoms with Crippen LogP contribution >= 0.6 is 11.3 Å². The van der Waals surface area contributed by atoms with Gasteiger partial charge in [0, 0.05) is 30.0 Å². The lowest BCUT2D eigenvalue weighted by Gasteiger charge is -2.29. The number of carbonyl (C=O) groups is 2. The van der Waals surface area contributed by atoms with Gasteiger partial charge in [0.15, 0.2) is 11.5 Å². The van der Waals surface area contributed by atoms with E-state index in [1.807, 2.05) is 13.0 Å². The summed E-state index contributed by atoms with van der Waals surface area (Å²) in [6, 6.07) is 6.97. The van der Waals surface area contributed by atoms with Crippen LogP contribution in [0.5, 0.6) is 11.5 Å². The first-order chi connectivity index (χ1) is 13.6. The quantitative estimate of drug-likeness (QED) is 0.597. The van der Waals surface area contributed by atoms with Crippen molar-refractivity contribution in [2.75, 3.05) is 19.8 Å². The van der Waals surface area contributed by atoms with Crippen LogP contribution in [0.4, 0.5) is 0 Å². The molecule has 2 aliphatic rings. The number of nitrogens with zero attached hydrogens (tertiary/aromatic N) is 1. The number of benzene rings is 1. The van der Waals surface area contributed by atoms with Crippen LogP contribution in [0.25, 0.3) is 5.57 Å². The van der Waals surface area contributed by atoms with E-state index in [2.05, 4.69) is 0 Å². The van der Waals surface area contributed by atoms with Gasteiger partial charge in [0.05, 0.1) is 18.1 Å². The van der Waals surface area contributed by atoms with Crippen molar-refractivity contribution < 1.29 is 24.3 Å². The van der Waals surface area contributed by atoms with Crippen molar-refractivity contribution in [3.8, 4) is 11.5 Å². The maximum Gasteiger partial charge on any atom is 0.284 e. The van der Waals surface area contributed by atoms with Crippen LogP contribution < -0.4 is 15.0 Å². The molecule has 1 aromatic heterocycles. The number of allylic oxidation sites excluding steroid dienone is 1. The number of nitrogens with one attached hydrogen (secondary N) is 1. The van der Waals surface area contributed by atoms with E-state index in [-0.39, 0.29) is 5.91 Å². The van der Waals surface area contributed by atoms with Crippen LogP contribution in [0.1, 0.15) is 43.8 Å². The van der Waals surface area contributed by atoms with Gasteiger partial charge in [-0.2, -0.15) is 0 Å². The molecule has 0 saturated heterocycles. The van der Waals surface area contributed by atoms with E-state index in [4.69, 9.17) is 14.7 Å². The van der Waals surface area contributed by atoms with E-state index in [1.165, 1.54) is 11.3 Å². The van der Waals surface area contributed by atoms with Crippen molar-refractivity contribution >= 4 is 28.7 Å². The minimum absolute atomic E-state index is 0.111. The second-order valence-corrected chi connectivity index (χ2v) is 7.65. The van der Waals surface area contributed by atoms with Gasteiger partial charge in [-0.15, -0.1) is 11.3 Å². The highest BCUT2D eigenvalue weighted by molar-refractivity contribution is 7.15. The van der Waals surface area contributed by atoms with Crippen molar-refractivity contribution in [2.45, 2.75) is 19.9 Å². The number of ether oxygens (including phenoxy) is 2. The molecule has 0 spiro atoms. The fourth-order valence-electron chi connectivity index (χ4n) is 3.37. The zero-order valence-electron chi connectivity index (χ0n) is 15.4. The van der Waals surface area contributed by atoms with Gasteiger partial charge >= 0.3 is 0 Å². The Bertz CT molecular complexity index is 966. The Balaban J connectivity index is 1.61. The molecule has 0 saturated carbocycles. The summed E-state index contributed by atoms with van der Waals surface area (Å²) < 4.78 is 11.3. The molecule has 0 aliphatic carbocycles. The third-order valence-electron chi connectivity index (χ3n) is 4.78. The summed E-state index contributed by atoms with van der Waals surface area (Å²) >= 11 is 1.32. The number of hydrogen-bond acceptors (Lipinski definition) is 6. The Kier molecular flexibility index (Phi) is 5.06. The van der Waals surface area contributed by atoms with Crippen molar-refractivity contribution in [1.29, 1.82) is 0 Å². The molecular weight excluding hydrogens is 380 g/mol. The Labute approximate surface area is 166 Å². The molecule has 4 rings (SSSR count). The summed E-state index contributed by atoms with van der Waals surface area (Å²) in [6.07, 6.45) is 2.75. The van der Waals surface area contributed by atoms with Crippen molar-refractivity contribution in [3.63, 3.8) is 0 Å². The fourth-order valence-corrected chi connectivity index (χ4v) is 4.50. The second kappa shape index (κ2) is 7.65. The Morgan fingerprint density at radius 2 is 1.96 bits per heavy atom. The van der Waals surface area contributed by atoms with Crippen molar-refractivity contribution in [2.24, 2.45) is 0 Å². The van der Waals surface area contributed by atoms with E-state index < -0.39 is 5.91 Å². The number of rotatable bonds is 2. The number of thiophene rings is 1. The van der Waals surface area contributed by atoms with Crippen LogP contribution in [-0.4, -0.2) is 41.7 Å². The van der Waals surface area contributed by atoms with E-state index in [1.54, 1.807) is 34.6 Å². The first-order valence-electron chi connectivity index (χ1n) is 9.02. The molecule has 3 heterocycles. The molecule has 1 aromatic carbocycles. The molecule has 7 nitrogen and oxygen atoms in total. The lowest BCUT2D eigenvalue weighted by molar-refractivity contribution is 0.0711. The number of hydrogen-bond donors (Lipinski definition) is 2. The topological polar surface area (TPSA) is 88.1 Å². The first kappa shape index (κ1) is 18.5. The maximum absolute atomic E-state index is 13.1. The van der Waals surface area contributed by atoms with Crippen molar-refractivity contribution in [1.82, 2.24) is 10.4 Å². The Hall–Kier alpha value is -2.84. The smallest absolute Gasteiger partial charge is 0.284 e. The highest BCUT2D eigenvalue weighted by atomic mass is 32.1. The lowest BCUT2D eigenvalue weighted by atomic mass is 10.0. The lowest BCUT2D eigenvalue weighted by Crippen LogP contribution is -2.34. The monoisotopic (exact) mass is 400 g/mol. The van der Waals surface area contributed by atoms with Crippen molar-refractivity contribution in [3.05, 3.63) is 51.2 Å². The van der Waals surface area contributed by atoms with Gasteiger partial charge in [-0.1, -0.05) is 6.08 Å². The normalized spacial score (nSPS) is 17.1. The summed E-state index contributed by atoms with van der Waals surface area (Å²) in [4.78, 5) is 28.0. The van der Waals surface area contributed by atoms with Gasteiger partial charge in [-0.3, -0.25) is 14.8 Å². The molecule has 0 fully saturated rings. The molecule has 146 valence electrons. The minimum Gasteiger partial charge on any atom is -0.490 e. The van der Waals surface area contributed by atoms with Crippen LogP contribution in [-0.2, 0) is 6.54 Å². The minimum atomic E-state index is -0.546. The zero-order valence-corrected chi connectivity index (χ0v) is 16.2. The molecule has 28 heavy (non-hydrogen) atoms. The predicted molar refractivity (Wildman–Crippen MR) is 104 cm³/mol. The van der Waals surface area contributed by atoms with Gasteiger partial charge in [0.25, 0.3) is 11.8 Å². The average molecular weight is 400 g/mol. The summed E-state index contributed by atoms with van der Waals surface area (Å²) in [6.45, 7) is 3.92. The third kappa shape index (κ3) is 3.36. The predicted octanol–water partition coefficient (Wildman–Crippen LogP) is 3.09. The van der Waals surface area contributed by atoms with Gasteiger partial charge in [-0.25, -0.2) is 5.48 Å². The number of amides is 2. The first-order valence-corrected chi connectivity index (χ1v) is 9.84. The zero-order chi connectivity index (χ0) is 19.7. The number of fused-ring (bicyclic) bond motifs is 2. The molecule has 2 aliphatic heterocycles. The highest BCUT2D eigenvalue weighted by Gasteiger charge is 2.28. The summed E-state index contributed by atoms with van der Waals surface area (Å²) in [5.74, 6) is 0.585. The molecule has 2 amide bonds. The summed E-state index contributed by atoms with van der Waals surface area (Å²) in [5.41, 5.74) is 4.07. The number of hydroxylamine groups is 1. The SMILES string of the molecule is C/C=C1/CN(C(=O)c2ccc3c(c2)OCCCO3)Cc2cc(C(=O)NO)sc21. The Morgan fingerprint density at radius 1 is 1.18 bits per heavy atom. The molecule has 2 aromatic rings. The van der Waals surface area contributed by atoms with E-state index in [0.29, 0.717) is 48.2 Å². The molecule has 0 radical (unpaired) electrons. The van der Waals surface area contributed by atoms with E-state index in [0.717, 1.165) is 22.4 Å². The summed E-state index contributed by atoms with van der Waals surface area (Å²) in [7, 11) is 0. The van der Waals surface area contributed by atoms with Gasteiger partial charge in [-0.05, 0) is 42.3 Å². The molecular formula is C20H20N2O5S. The molecule has 2 N–H and O–H groups in total. The van der Waals surface area contributed by atoms with E-state index in [9.17, 15) is 9.59 Å². The molecule has 0 atom stereocenters. The van der Waals surface area contributed by atoms with E-state index >= 15 is 0 Å². The third-order valence-corrected chi connectivity index (χ3v) is 6.03. The van der Waals surface area contributed by atoms with Gasteiger partial charge < -0.3 is 14.4 Å². The number of carbonyl (C=O) groups excluding carboxylic acids is 2. The van der Waals surface area contributed by atoms with Gasteiger partial charge in [0.2, 0.25) is 0 Å². The van der Waals surface area contributed by atoms with Crippen LogP contribution in [0.2, 0.25) is 0 Å². The molecule has 0 bridgehead atoms. The van der Waals surface area contributed by atoms with Crippen LogP contribution in [0, 0.1) is 0 Å². The Morgan fingerprint density at radius 3 is 2.71 bits per heavy atom. The molecule has 8 heteroatoms.